The molecule has 148 valence electrons. The van der Waals surface area contributed by atoms with Crippen molar-refractivity contribution in [2.75, 3.05) is 11.9 Å². The number of para-hydroxylation sites is 1. The molecule has 2 aromatic heterocycles. The fraction of sp³-hybridized carbons (Fsp3) is 0.333. The van der Waals surface area contributed by atoms with Crippen LogP contribution in [0.15, 0.2) is 48.9 Å². The SMILES string of the molecule is Cc1ccn(CC(=O)N2CC[C@]3(C(=O)Nc4ccccc43)[C@@H]2c2cnn(C)c2)n1. The third kappa shape index (κ3) is 2.59. The lowest BCUT2D eigenvalue weighted by molar-refractivity contribution is -0.134. The van der Waals surface area contributed by atoms with E-state index in [2.05, 4.69) is 15.5 Å². The normalized spacial score (nSPS) is 22.9. The van der Waals surface area contributed by atoms with Crippen LogP contribution in [0.1, 0.15) is 29.3 Å². The zero-order chi connectivity index (χ0) is 20.2. The van der Waals surface area contributed by atoms with E-state index >= 15 is 0 Å². The number of amides is 2. The van der Waals surface area contributed by atoms with Crippen LogP contribution in [0.25, 0.3) is 0 Å². The molecule has 3 aromatic rings. The first-order valence-electron chi connectivity index (χ1n) is 9.68. The predicted molar refractivity (Wildman–Crippen MR) is 106 cm³/mol. The second-order valence-electron chi connectivity index (χ2n) is 7.81. The Balaban J connectivity index is 1.59. The summed E-state index contributed by atoms with van der Waals surface area (Å²) < 4.78 is 3.35. The highest BCUT2D eigenvalue weighted by molar-refractivity contribution is 6.07. The van der Waals surface area contributed by atoms with Crippen molar-refractivity contribution in [3.8, 4) is 0 Å². The average Bonchev–Trinajstić information content (AvgIpc) is 3.44. The largest absolute Gasteiger partial charge is 0.332 e. The van der Waals surface area contributed by atoms with Crippen LogP contribution in [-0.4, -0.2) is 42.8 Å². The lowest BCUT2D eigenvalue weighted by atomic mass is 9.73. The third-order valence-corrected chi connectivity index (χ3v) is 6.02. The molecule has 2 aliphatic rings. The van der Waals surface area contributed by atoms with Crippen molar-refractivity contribution in [2.24, 2.45) is 7.05 Å². The summed E-state index contributed by atoms with van der Waals surface area (Å²) in [5, 5.41) is 11.7. The molecule has 0 bridgehead atoms. The average molecular weight is 390 g/mol. The number of nitrogens with one attached hydrogen (secondary N) is 1. The lowest BCUT2D eigenvalue weighted by Crippen LogP contribution is -2.43. The fourth-order valence-electron chi connectivity index (χ4n) is 4.78. The van der Waals surface area contributed by atoms with Gasteiger partial charge in [-0.05, 0) is 31.0 Å². The van der Waals surface area contributed by atoms with E-state index in [1.165, 1.54) is 0 Å². The second-order valence-corrected chi connectivity index (χ2v) is 7.81. The van der Waals surface area contributed by atoms with Gasteiger partial charge in [-0.1, -0.05) is 18.2 Å². The van der Waals surface area contributed by atoms with Gasteiger partial charge in [-0.25, -0.2) is 0 Å². The summed E-state index contributed by atoms with van der Waals surface area (Å²) in [5.41, 5.74) is 2.69. The number of rotatable bonds is 3. The molecule has 1 spiro atoms. The molecule has 2 atom stereocenters. The predicted octanol–water partition coefficient (Wildman–Crippen LogP) is 1.79. The Kier molecular flexibility index (Phi) is 3.84. The van der Waals surface area contributed by atoms with Crippen LogP contribution in [0.2, 0.25) is 0 Å². The van der Waals surface area contributed by atoms with Crippen LogP contribution < -0.4 is 5.32 Å². The highest BCUT2D eigenvalue weighted by atomic mass is 16.2. The quantitative estimate of drug-likeness (QED) is 0.739. The van der Waals surface area contributed by atoms with Gasteiger partial charge in [0.25, 0.3) is 0 Å². The maximum absolute atomic E-state index is 13.3. The van der Waals surface area contributed by atoms with Crippen LogP contribution in [0.4, 0.5) is 5.69 Å². The van der Waals surface area contributed by atoms with E-state index in [1.807, 2.05) is 55.4 Å². The maximum Gasteiger partial charge on any atom is 0.244 e. The monoisotopic (exact) mass is 390 g/mol. The number of nitrogens with zero attached hydrogens (tertiary/aromatic N) is 5. The summed E-state index contributed by atoms with van der Waals surface area (Å²) in [4.78, 5) is 28.4. The van der Waals surface area contributed by atoms with Crippen LogP contribution in [0.5, 0.6) is 0 Å². The van der Waals surface area contributed by atoms with E-state index in [-0.39, 0.29) is 18.4 Å². The topological polar surface area (TPSA) is 85.0 Å². The van der Waals surface area contributed by atoms with Gasteiger partial charge in [-0.15, -0.1) is 0 Å². The highest BCUT2D eigenvalue weighted by Crippen LogP contribution is 2.54. The van der Waals surface area contributed by atoms with Gasteiger partial charge in [0.1, 0.15) is 12.0 Å². The Bertz CT molecular complexity index is 1120. The number of hydrogen-bond acceptors (Lipinski definition) is 4. The van der Waals surface area contributed by atoms with Gasteiger partial charge in [0, 0.05) is 37.2 Å². The molecule has 0 saturated carbocycles. The van der Waals surface area contributed by atoms with Crippen molar-refractivity contribution < 1.29 is 9.59 Å². The smallest absolute Gasteiger partial charge is 0.244 e. The first kappa shape index (κ1) is 17.7. The summed E-state index contributed by atoms with van der Waals surface area (Å²) in [7, 11) is 1.84. The molecule has 8 nitrogen and oxygen atoms in total. The molecular formula is C21H22N6O2. The van der Waals surface area contributed by atoms with Crippen molar-refractivity contribution in [1.29, 1.82) is 0 Å². The number of anilines is 1. The van der Waals surface area contributed by atoms with Gasteiger partial charge in [0.05, 0.1) is 17.9 Å². The van der Waals surface area contributed by atoms with Gasteiger partial charge in [0.2, 0.25) is 11.8 Å². The number of likely N-dealkylation sites (tertiary alicyclic amines) is 1. The van der Waals surface area contributed by atoms with Crippen molar-refractivity contribution >= 4 is 17.5 Å². The molecule has 2 amide bonds. The molecule has 0 aliphatic carbocycles. The van der Waals surface area contributed by atoms with Gasteiger partial charge in [-0.3, -0.25) is 19.0 Å². The summed E-state index contributed by atoms with van der Waals surface area (Å²) in [6.07, 6.45) is 6.02. The molecule has 2 aliphatic heterocycles. The molecule has 1 fully saturated rings. The standard InChI is InChI=1S/C21H22N6O2/c1-14-7-9-26(24-14)13-18(28)27-10-8-21(19(27)15-11-22-25(2)12-15)16-5-3-4-6-17(16)23-20(21)29/h3-7,9,11-12,19H,8,10,13H2,1-2H3,(H,23,29)/t19-,21+/m0/s1. The number of aromatic nitrogens is 4. The summed E-state index contributed by atoms with van der Waals surface area (Å²) in [6, 6.07) is 9.22. The second kappa shape index (κ2) is 6.30. The number of carbonyl (C=O) groups is 2. The molecule has 0 radical (unpaired) electrons. The Morgan fingerprint density at radius 3 is 2.86 bits per heavy atom. The first-order chi connectivity index (χ1) is 14.0. The lowest BCUT2D eigenvalue weighted by Gasteiger charge is -2.33. The minimum Gasteiger partial charge on any atom is -0.332 e. The Morgan fingerprint density at radius 2 is 2.14 bits per heavy atom. The third-order valence-electron chi connectivity index (χ3n) is 6.02. The van der Waals surface area contributed by atoms with E-state index in [9.17, 15) is 9.59 Å². The molecule has 29 heavy (non-hydrogen) atoms. The number of benzene rings is 1. The molecule has 8 heteroatoms. The molecule has 1 aromatic carbocycles. The number of hydrogen-bond donors (Lipinski definition) is 1. The van der Waals surface area contributed by atoms with Gasteiger partial charge < -0.3 is 10.2 Å². The maximum atomic E-state index is 13.3. The zero-order valence-electron chi connectivity index (χ0n) is 16.4. The molecule has 5 rings (SSSR count). The first-order valence-corrected chi connectivity index (χ1v) is 9.68. The van der Waals surface area contributed by atoms with Crippen molar-refractivity contribution in [3.63, 3.8) is 0 Å². The van der Waals surface area contributed by atoms with E-state index in [0.29, 0.717) is 13.0 Å². The summed E-state index contributed by atoms with van der Waals surface area (Å²) in [6.45, 7) is 2.54. The summed E-state index contributed by atoms with van der Waals surface area (Å²) >= 11 is 0. The Hall–Kier alpha value is -3.42. The molecule has 1 saturated heterocycles. The zero-order valence-corrected chi connectivity index (χ0v) is 16.4. The summed E-state index contributed by atoms with van der Waals surface area (Å²) in [5.74, 6) is -0.117. The number of aryl methyl sites for hydroxylation is 2. The van der Waals surface area contributed by atoms with Gasteiger partial charge in [-0.2, -0.15) is 10.2 Å². The Morgan fingerprint density at radius 1 is 1.31 bits per heavy atom. The van der Waals surface area contributed by atoms with Crippen LogP contribution in [0.3, 0.4) is 0 Å². The van der Waals surface area contributed by atoms with E-state index in [4.69, 9.17) is 0 Å². The number of carbonyl (C=O) groups excluding carboxylic acids is 2. The number of fused-ring (bicyclic) bond motifs is 2. The molecule has 0 unspecified atom stereocenters. The van der Waals surface area contributed by atoms with Crippen molar-refractivity contribution in [3.05, 3.63) is 65.7 Å². The Labute approximate surface area is 168 Å². The fourth-order valence-corrected chi connectivity index (χ4v) is 4.78. The van der Waals surface area contributed by atoms with Crippen LogP contribution in [-0.2, 0) is 28.6 Å². The highest BCUT2D eigenvalue weighted by Gasteiger charge is 2.59. The molecule has 4 heterocycles. The van der Waals surface area contributed by atoms with Crippen LogP contribution >= 0.6 is 0 Å². The van der Waals surface area contributed by atoms with Crippen LogP contribution in [0, 0.1) is 6.92 Å². The minimum absolute atomic E-state index is 0.0576. The van der Waals surface area contributed by atoms with E-state index in [1.54, 1.807) is 21.8 Å². The van der Waals surface area contributed by atoms with E-state index in [0.717, 1.165) is 22.5 Å². The minimum atomic E-state index is -0.810. The van der Waals surface area contributed by atoms with Gasteiger partial charge in [0.15, 0.2) is 0 Å². The van der Waals surface area contributed by atoms with Crippen molar-refractivity contribution in [2.45, 2.75) is 31.3 Å². The molecule has 1 N–H and O–H groups in total. The van der Waals surface area contributed by atoms with Crippen molar-refractivity contribution in [1.82, 2.24) is 24.5 Å². The van der Waals surface area contributed by atoms with Gasteiger partial charge >= 0.3 is 0 Å². The molecular weight excluding hydrogens is 368 g/mol. The van der Waals surface area contributed by atoms with E-state index < -0.39 is 11.5 Å².